The molecule has 4 fully saturated rings. The number of hydrogen-bond donors (Lipinski definition) is 4. The van der Waals surface area contributed by atoms with E-state index in [2.05, 4.69) is 22.2 Å². The fourth-order valence-electron chi connectivity index (χ4n) is 6.80. The summed E-state index contributed by atoms with van der Waals surface area (Å²) in [6.45, 7) is 2.27. The molecule has 4 bridgehead atoms. The Kier molecular flexibility index (Phi) is 5.34. The zero-order valence-corrected chi connectivity index (χ0v) is 18.3. The van der Waals surface area contributed by atoms with Crippen LogP contribution in [0.1, 0.15) is 51.0 Å². The number of nitrogens with one attached hydrogen (secondary N) is 1. The van der Waals surface area contributed by atoms with Gasteiger partial charge in [-0.3, -0.25) is 0 Å². The summed E-state index contributed by atoms with van der Waals surface area (Å²) < 4.78 is 0. The molecule has 2 aromatic rings. The lowest BCUT2D eigenvalue weighted by atomic mass is 9.48. The van der Waals surface area contributed by atoms with E-state index < -0.39 is 0 Å². The third kappa shape index (κ3) is 4.13. The van der Waals surface area contributed by atoms with Crippen molar-refractivity contribution in [1.82, 2.24) is 15.0 Å². The van der Waals surface area contributed by atoms with Crippen LogP contribution in [0.25, 0.3) is 11.4 Å². The van der Waals surface area contributed by atoms with Crippen LogP contribution in [0.2, 0.25) is 0 Å². The molecule has 6 N–H and O–H groups in total. The van der Waals surface area contributed by atoms with Crippen LogP contribution < -0.4 is 16.8 Å². The molecule has 0 amide bonds. The average molecular weight is 423 g/mol. The van der Waals surface area contributed by atoms with Gasteiger partial charge in [-0.25, -0.2) is 0 Å². The van der Waals surface area contributed by atoms with Crippen LogP contribution in [0.4, 0.5) is 11.9 Å². The molecule has 1 aromatic heterocycles. The number of benzene rings is 1. The Bertz CT molecular complexity index is 895. The number of nitrogens with two attached hydrogens (primary N) is 2. The molecule has 0 aliphatic heterocycles. The summed E-state index contributed by atoms with van der Waals surface area (Å²) in [5.74, 6) is 4.10. The van der Waals surface area contributed by atoms with Gasteiger partial charge in [0.25, 0.3) is 0 Å². The number of aliphatic hydroxyl groups excluding tert-OH is 1. The van der Waals surface area contributed by atoms with E-state index in [4.69, 9.17) is 21.6 Å². The van der Waals surface area contributed by atoms with Gasteiger partial charge in [-0.15, -0.1) is 0 Å². The van der Waals surface area contributed by atoms with Gasteiger partial charge in [0.15, 0.2) is 5.82 Å². The summed E-state index contributed by atoms with van der Waals surface area (Å²) in [7, 11) is 0. The highest BCUT2D eigenvalue weighted by atomic mass is 16.3. The summed E-state index contributed by atoms with van der Waals surface area (Å²) in [6.07, 6.45) is 8.94. The highest BCUT2D eigenvalue weighted by Gasteiger charge is 2.53. The fourth-order valence-corrected chi connectivity index (χ4v) is 6.80. The van der Waals surface area contributed by atoms with E-state index in [1.165, 1.54) is 38.5 Å². The molecule has 0 saturated heterocycles. The summed E-state index contributed by atoms with van der Waals surface area (Å²) in [6, 6.07) is 8.01. The first-order valence-corrected chi connectivity index (χ1v) is 11.7. The molecule has 7 nitrogen and oxygen atoms in total. The number of anilines is 2. The standard InChI is InChI=1S/C24H34N6O/c1-14(24-10-16-6-17(11-24)8-18(7-16)12-24)27-23-29-21(28-22(26)30-23)19-4-2-15(3-5-19)9-20(25)13-31/h2-5,14,16-18,20,31H,6-13,25H2,1H3,(H3,26,27,28,29,30). The number of nitrogens with zero attached hydrogens (tertiary/aromatic N) is 3. The third-order valence-electron chi connectivity index (χ3n) is 7.95. The lowest BCUT2D eigenvalue weighted by Crippen LogP contribution is -2.53. The Morgan fingerprint density at radius 3 is 2.23 bits per heavy atom. The van der Waals surface area contributed by atoms with Crippen molar-refractivity contribution in [1.29, 1.82) is 0 Å². The molecule has 1 heterocycles. The Morgan fingerprint density at radius 1 is 1.03 bits per heavy atom. The summed E-state index contributed by atoms with van der Waals surface area (Å²) in [5, 5.41) is 12.8. The Balaban J connectivity index is 1.33. The molecule has 4 aliphatic rings. The second-order valence-electron chi connectivity index (χ2n) is 10.3. The van der Waals surface area contributed by atoms with Crippen molar-refractivity contribution >= 4 is 11.9 Å². The molecule has 4 aliphatic carbocycles. The maximum Gasteiger partial charge on any atom is 0.228 e. The number of nitrogen functional groups attached to an aromatic ring is 1. The van der Waals surface area contributed by atoms with Crippen molar-refractivity contribution in [3.05, 3.63) is 29.8 Å². The quantitative estimate of drug-likeness (QED) is 0.541. The van der Waals surface area contributed by atoms with Crippen molar-refractivity contribution in [3.63, 3.8) is 0 Å². The van der Waals surface area contributed by atoms with E-state index in [0.717, 1.165) is 28.9 Å². The average Bonchev–Trinajstić information content (AvgIpc) is 2.73. The van der Waals surface area contributed by atoms with Crippen molar-refractivity contribution in [2.75, 3.05) is 17.7 Å². The first kappa shape index (κ1) is 20.6. The van der Waals surface area contributed by atoms with Crippen LogP contribution in [0, 0.1) is 23.2 Å². The molecule has 1 aromatic carbocycles. The van der Waals surface area contributed by atoms with E-state index in [1.807, 2.05) is 24.3 Å². The predicted molar refractivity (Wildman–Crippen MR) is 122 cm³/mol. The lowest BCUT2D eigenvalue weighted by molar-refractivity contribution is -0.0603. The zero-order valence-electron chi connectivity index (χ0n) is 18.3. The highest BCUT2D eigenvalue weighted by molar-refractivity contribution is 5.58. The monoisotopic (exact) mass is 422 g/mol. The van der Waals surface area contributed by atoms with Gasteiger partial charge in [0.1, 0.15) is 0 Å². The van der Waals surface area contributed by atoms with Gasteiger partial charge in [0.05, 0.1) is 6.61 Å². The van der Waals surface area contributed by atoms with E-state index in [1.54, 1.807) is 0 Å². The zero-order chi connectivity index (χ0) is 21.6. The predicted octanol–water partition coefficient (Wildman–Crippen LogP) is 3.00. The van der Waals surface area contributed by atoms with Gasteiger partial charge in [0.2, 0.25) is 11.9 Å². The van der Waals surface area contributed by atoms with Crippen molar-refractivity contribution in [2.24, 2.45) is 28.9 Å². The minimum absolute atomic E-state index is 0.0251. The van der Waals surface area contributed by atoms with Crippen molar-refractivity contribution < 1.29 is 5.11 Å². The molecule has 2 atom stereocenters. The molecule has 7 heteroatoms. The molecular weight excluding hydrogens is 388 g/mol. The minimum Gasteiger partial charge on any atom is -0.395 e. The normalized spacial score (nSPS) is 30.9. The molecule has 4 saturated carbocycles. The Morgan fingerprint density at radius 2 is 1.65 bits per heavy atom. The van der Waals surface area contributed by atoms with Crippen molar-refractivity contribution in [2.45, 2.75) is 64.0 Å². The molecule has 0 spiro atoms. The molecule has 0 radical (unpaired) electrons. The van der Waals surface area contributed by atoms with E-state index in [9.17, 15) is 0 Å². The van der Waals surface area contributed by atoms with E-state index in [-0.39, 0.29) is 18.6 Å². The van der Waals surface area contributed by atoms with Crippen LogP contribution in [0.3, 0.4) is 0 Å². The summed E-state index contributed by atoms with van der Waals surface area (Å²) in [4.78, 5) is 13.5. The molecule has 6 rings (SSSR count). The van der Waals surface area contributed by atoms with E-state index >= 15 is 0 Å². The first-order chi connectivity index (χ1) is 14.9. The summed E-state index contributed by atoms with van der Waals surface area (Å²) in [5.41, 5.74) is 14.2. The first-order valence-electron chi connectivity index (χ1n) is 11.7. The van der Waals surface area contributed by atoms with Gasteiger partial charge < -0.3 is 21.9 Å². The van der Waals surface area contributed by atoms with Gasteiger partial charge >= 0.3 is 0 Å². The van der Waals surface area contributed by atoms with Gasteiger partial charge in [-0.05, 0) is 80.6 Å². The van der Waals surface area contributed by atoms with Gasteiger partial charge in [0, 0.05) is 17.6 Å². The van der Waals surface area contributed by atoms with Crippen LogP contribution in [-0.4, -0.2) is 38.7 Å². The fraction of sp³-hybridized carbons (Fsp3) is 0.625. The van der Waals surface area contributed by atoms with Crippen molar-refractivity contribution in [3.8, 4) is 11.4 Å². The highest BCUT2D eigenvalue weighted by Crippen LogP contribution is 2.61. The largest absolute Gasteiger partial charge is 0.395 e. The number of rotatable bonds is 7. The maximum atomic E-state index is 9.15. The Hall–Kier alpha value is -2.25. The number of aliphatic hydroxyl groups is 1. The smallest absolute Gasteiger partial charge is 0.228 e. The minimum atomic E-state index is -0.249. The summed E-state index contributed by atoms with van der Waals surface area (Å²) >= 11 is 0. The molecular formula is C24H34N6O. The van der Waals surface area contributed by atoms with Crippen LogP contribution in [-0.2, 0) is 6.42 Å². The van der Waals surface area contributed by atoms with Crippen LogP contribution in [0.5, 0.6) is 0 Å². The molecule has 2 unspecified atom stereocenters. The van der Waals surface area contributed by atoms with Gasteiger partial charge in [-0.1, -0.05) is 24.3 Å². The Labute approximate surface area is 184 Å². The second-order valence-corrected chi connectivity index (χ2v) is 10.3. The number of hydrogen-bond acceptors (Lipinski definition) is 7. The number of aromatic nitrogens is 3. The topological polar surface area (TPSA) is 123 Å². The van der Waals surface area contributed by atoms with Gasteiger partial charge in [-0.2, -0.15) is 15.0 Å². The second kappa shape index (κ2) is 8.02. The maximum absolute atomic E-state index is 9.15. The SMILES string of the molecule is CC(Nc1nc(N)nc(-c2ccc(CC(N)CO)cc2)n1)C12CC3CC(CC(C3)C1)C2. The third-order valence-corrected chi connectivity index (χ3v) is 7.95. The molecule has 166 valence electrons. The van der Waals surface area contributed by atoms with Crippen LogP contribution in [0.15, 0.2) is 24.3 Å². The van der Waals surface area contributed by atoms with E-state index in [0.29, 0.717) is 29.7 Å². The lowest BCUT2D eigenvalue weighted by Gasteiger charge is -2.59. The molecule has 31 heavy (non-hydrogen) atoms. The van der Waals surface area contributed by atoms with Crippen LogP contribution >= 0.6 is 0 Å².